The molecule has 0 amide bonds. The molecule has 0 aromatic carbocycles. The summed E-state index contributed by atoms with van der Waals surface area (Å²) in [6.45, 7) is 0. The van der Waals surface area contributed by atoms with E-state index < -0.39 is 0 Å². The second-order valence-corrected chi connectivity index (χ2v) is 3.48. The van der Waals surface area contributed by atoms with E-state index in [1.165, 1.54) is 0 Å². The van der Waals surface area contributed by atoms with Crippen LogP contribution in [0, 0.1) is 6.42 Å². The van der Waals surface area contributed by atoms with Crippen molar-refractivity contribution in [3.63, 3.8) is 0 Å². The largest absolute Gasteiger partial charge is 0.381 e. The fourth-order valence-electron chi connectivity index (χ4n) is 1.88. The van der Waals surface area contributed by atoms with E-state index in [0.717, 1.165) is 19.3 Å². The highest BCUT2D eigenvalue weighted by Crippen LogP contribution is 2.28. The van der Waals surface area contributed by atoms with E-state index in [2.05, 4.69) is 16.0 Å². The molecule has 3 nitrogen and oxygen atoms in total. The van der Waals surface area contributed by atoms with E-state index in [1.807, 2.05) is 18.7 Å². The first-order chi connectivity index (χ1) is 6.40. The molecule has 0 N–H and O–H groups in total. The van der Waals surface area contributed by atoms with Gasteiger partial charge in [-0.2, -0.15) is 0 Å². The molecule has 0 aliphatic heterocycles. The van der Waals surface area contributed by atoms with E-state index in [4.69, 9.17) is 4.74 Å². The summed E-state index contributed by atoms with van der Waals surface area (Å²) < 4.78 is 7.51. The lowest BCUT2D eigenvalue weighted by atomic mass is 9.93. The summed E-state index contributed by atoms with van der Waals surface area (Å²) >= 11 is 0. The van der Waals surface area contributed by atoms with Crippen molar-refractivity contribution in [2.24, 2.45) is 0 Å². The molecule has 1 radical (unpaired) electrons. The molecule has 0 saturated heterocycles. The third kappa shape index (κ3) is 1.91. The first-order valence-corrected chi connectivity index (χ1v) is 4.73. The lowest BCUT2D eigenvalue weighted by Crippen LogP contribution is -2.23. The summed E-state index contributed by atoms with van der Waals surface area (Å²) in [4.78, 5) is 4.05. The number of aromatic nitrogens is 2. The van der Waals surface area contributed by atoms with Crippen LogP contribution in [0.1, 0.15) is 25.3 Å². The highest BCUT2D eigenvalue weighted by Gasteiger charge is 2.22. The topological polar surface area (TPSA) is 27.1 Å². The number of hydrogen-bond donors (Lipinski definition) is 0. The first-order valence-electron chi connectivity index (χ1n) is 4.73. The van der Waals surface area contributed by atoms with Crippen molar-refractivity contribution in [3.05, 3.63) is 25.1 Å². The highest BCUT2D eigenvalue weighted by atomic mass is 16.5. The minimum atomic E-state index is 0.414. The van der Waals surface area contributed by atoms with Gasteiger partial charge in [0.05, 0.1) is 12.4 Å². The van der Waals surface area contributed by atoms with Crippen LogP contribution in [0.5, 0.6) is 0 Å². The average Bonchev–Trinajstić information content (AvgIpc) is 2.71. The number of hydrogen-bond acceptors (Lipinski definition) is 2. The fraction of sp³-hybridized carbons (Fsp3) is 0.600. The zero-order chi connectivity index (χ0) is 9.10. The van der Waals surface area contributed by atoms with Crippen LogP contribution >= 0.6 is 0 Å². The van der Waals surface area contributed by atoms with Gasteiger partial charge in [0, 0.05) is 25.5 Å². The van der Waals surface area contributed by atoms with Crippen molar-refractivity contribution in [2.45, 2.75) is 31.4 Å². The van der Waals surface area contributed by atoms with Crippen LogP contribution in [-0.2, 0) is 4.74 Å². The van der Waals surface area contributed by atoms with Crippen molar-refractivity contribution in [3.8, 4) is 0 Å². The normalized spacial score (nSPS) is 29.0. The molecule has 1 heterocycles. The van der Waals surface area contributed by atoms with Crippen LogP contribution in [0.2, 0.25) is 0 Å². The molecule has 2 atom stereocenters. The van der Waals surface area contributed by atoms with Crippen LogP contribution in [0.15, 0.2) is 18.7 Å². The Kier molecular flexibility index (Phi) is 2.64. The minimum Gasteiger partial charge on any atom is -0.381 e. The third-order valence-corrected chi connectivity index (χ3v) is 2.67. The molecule has 1 saturated carbocycles. The molecule has 3 heteroatoms. The standard InChI is InChI=1S/C10H15N2O/c1-13-10-4-2-3-9(7-10)12-6-5-11-8-12/h3,5-6,8-10H,2,4,7H2,1H3/t9?,10-/m1/s1. The molecule has 1 aliphatic rings. The van der Waals surface area contributed by atoms with Crippen molar-refractivity contribution < 1.29 is 4.74 Å². The summed E-state index contributed by atoms with van der Waals surface area (Å²) in [5, 5.41) is 0. The number of nitrogens with zero attached hydrogens (tertiary/aromatic N) is 2. The maximum atomic E-state index is 5.37. The maximum absolute atomic E-state index is 5.37. The van der Waals surface area contributed by atoms with Gasteiger partial charge in [0.1, 0.15) is 0 Å². The van der Waals surface area contributed by atoms with E-state index in [1.54, 1.807) is 7.11 Å². The van der Waals surface area contributed by atoms with Gasteiger partial charge in [-0.1, -0.05) is 0 Å². The predicted molar refractivity (Wildman–Crippen MR) is 50.2 cm³/mol. The van der Waals surface area contributed by atoms with Crippen LogP contribution in [0.3, 0.4) is 0 Å². The quantitative estimate of drug-likeness (QED) is 0.692. The number of imidazole rings is 1. The fourth-order valence-corrected chi connectivity index (χ4v) is 1.88. The van der Waals surface area contributed by atoms with Gasteiger partial charge in [0.2, 0.25) is 0 Å². The van der Waals surface area contributed by atoms with Crippen molar-refractivity contribution in [2.75, 3.05) is 7.11 Å². The Bertz CT molecular complexity index is 245. The Morgan fingerprint density at radius 3 is 3.15 bits per heavy atom. The Morgan fingerprint density at radius 1 is 1.54 bits per heavy atom. The maximum Gasteiger partial charge on any atom is 0.0948 e. The van der Waals surface area contributed by atoms with Gasteiger partial charge in [0.25, 0.3) is 0 Å². The van der Waals surface area contributed by atoms with E-state index in [0.29, 0.717) is 12.1 Å². The van der Waals surface area contributed by atoms with Gasteiger partial charge >= 0.3 is 0 Å². The minimum absolute atomic E-state index is 0.414. The van der Waals surface area contributed by atoms with Gasteiger partial charge in [-0.25, -0.2) is 4.98 Å². The molecule has 1 aromatic rings. The van der Waals surface area contributed by atoms with Gasteiger partial charge in [-0.15, -0.1) is 0 Å². The Balaban J connectivity index is 2.00. The highest BCUT2D eigenvalue weighted by molar-refractivity contribution is 4.93. The SMILES string of the molecule is CO[C@@H]1CC[CH]C(n2ccnc2)C1. The summed E-state index contributed by atoms with van der Waals surface area (Å²) in [5.41, 5.74) is 0. The molecule has 1 aromatic heterocycles. The summed E-state index contributed by atoms with van der Waals surface area (Å²) in [5.74, 6) is 0. The second-order valence-electron chi connectivity index (χ2n) is 3.48. The van der Waals surface area contributed by atoms with Crippen LogP contribution < -0.4 is 0 Å². The van der Waals surface area contributed by atoms with Gasteiger partial charge in [0.15, 0.2) is 0 Å². The van der Waals surface area contributed by atoms with Gasteiger partial charge in [-0.05, 0) is 25.7 Å². The Hall–Kier alpha value is -0.830. The zero-order valence-electron chi connectivity index (χ0n) is 7.89. The number of ether oxygens (including phenoxy) is 1. The smallest absolute Gasteiger partial charge is 0.0948 e. The second kappa shape index (κ2) is 3.92. The molecule has 0 spiro atoms. The molecule has 1 aliphatic carbocycles. The predicted octanol–water partition coefficient (Wildman–Crippen LogP) is 1.83. The number of methoxy groups -OCH3 is 1. The summed E-state index contributed by atoms with van der Waals surface area (Å²) in [6.07, 6.45) is 11.8. The summed E-state index contributed by atoms with van der Waals surface area (Å²) in [7, 11) is 1.79. The van der Waals surface area contributed by atoms with Crippen molar-refractivity contribution in [1.82, 2.24) is 9.55 Å². The zero-order valence-corrected chi connectivity index (χ0v) is 7.89. The number of rotatable bonds is 2. The molecule has 1 fully saturated rings. The molecule has 13 heavy (non-hydrogen) atoms. The van der Waals surface area contributed by atoms with E-state index in [-0.39, 0.29) is 0 Å². The monoisotopic (exact) mass is 179 g/mol. The van der Waals surface area contributed by atoms with Crippen molar-refractivity contribution >= 4 is 0 Å². The van der Waals surface area contributed by atoms with E-state index in [9.17, 15) is 0 Å². The lowest BCUT2D eigenvalue weighted by molar-refractivity contribution is 0.0657. The van der Waals surface area contributed by atoms with E-state index >= 15 is 0 Å². The van der Waals surface area contributed by atoms with Gasteiger partial charge in [-0.3, -0.25) is 0 Å². The van der Waals surface area contributed by atoms with Crippen LogP contribution in [0.25, 0.3) is 0 Å². The molecule has 71 valence electrons. The average molecular weight is 179 g/mol. The van der Waals surface area contributed by atoms with Crippen molar-refractivity contribution in [1.29, 1.82) is 0 Å². The third-order valence-electron chi connectivity index (χ3n) is 2.67. The Morgan fingerprint density at radius 2 is 2.46 bits per heavy atom. The van der Waals surface area contributed by atoms with Gasteiger partial charge < -0.3 is 9.30 Å². The van der Waals surface area contributed by atoms with Crippen LogP contribution in [0.4, 0.5) is 0 Å². The summed E-state index contributed by atoms with van der Waals surface area (Å²) in [6, 6.07) is 0.473. The molecule has 1 unspecified atom stereocenters. The molecular weight excluding hydrogens is 164 g/mol. The first kappa shape index (κ1) is 8.75. The Labute approximate surface area is 78.7 Å². The molecule has 2 rings (SSSR count). The lowest BCUT2D eigenvalue weighted by Gasteiger charge is -2.28. The van der Waals surface area contributed by atoms with Crippen LogP contribution in [-0.4, -0.2) is 22.8 Å². The molecule has 0 bridgehead atoms. The molecular formula is C10H15N2O.